The van der Waals surface area contributed by atoms with Crippen LogP contribution in [0.5, 0.6) is 0 Å². The molecule has 0 aliphatic rings. The van der Waals surface area contributed by atoms with E-state index in [0.717, 1.165) is 0 Å². The molecule has 0 aliphatic carbocycles. The van der Waals surface area contributed by atoms with Gasteiger partial charge in [0.05, 0.1) is 10.2 Å². The Balaban J connectivity index is -0.0000000292. The van der Waals surface area contributed by atoms with Crippen molar-refractivity contribution < 1.29 is 56.2 Å². The maximum Gasteiger partial charge on any atom is 2.00 e. The zero-order valence-corrected chi connectivity index (χ0v) is 11.0. The number of nitrogens with zero attached hydrogens (tertiary/aromatic N) is 4. The Morgan fingerprint density at radius 3 is 0.722 bits per heavy atom. The molecule has 0 rings (SSSR count). The van der Waals surface area contributed by atoms with Crippen LogP contribution in [0.3, 0.4) is 0 Å². The summed E-state index contributed by atoms with van der Waals surface area (Å²) in [5, 5.41) is 47.9. The van der Waals surface area contributed by atoms with Crippen LogP contribution in [0.15, 0.2) is 0 Å². The smallest absolute Gasteiger partial charge is 2.00 e. The van der Waals surface area contributed by atoms with E-state index in [0.29, 0.717) is 0 Å². The first-order valence-corrected chi connectivity index (χ1v) is 3.50. The molecule has 116 valence electrons. The molecule has 0 aliphatic heterocycles. The van der Waals surface area contributed by atoms with Gasteiger partial charge in [-0.05, 0) is 0 Å². The summed E-state index contributed by atoms with van der Waals surface area (Å²) in [6, 6.07) is 0. The molecule has 0 spiro atoms. The van der Waals surface area contributed by atoms with Crippen molar-refractivity contribution in [1.29, 1.82) is 0 Å². The third kappa shape index (κ3) is 437. The molecular weight excluding hydrogens is 457 g/mol. The van der Waals surface area contributed by atoms with Crippen molar-refractivity contribution in [2.24, 2.45) is 0 Å². The molecule has 6 N–H and O–H groups in total. The van der Waals surface area contributed by atoms with Gasteiger partial charge >= 0.3 is 66.2 Å². The van der Waals surface area contributed by atoms with Crippen molar-refractivity contribution >= 4 is 0 Å². The van der Waals surface area contributed by atoms with Gasteiger partial charge in [0.15, 0.2) is 0 Å². The fourth-order valence-electron chi connectivity index (χ4n) is 0.0422. The first-order chi connectivity index (χ1) is 6.59. The number of hydrogen-bond donors (Lipinski definition) is 2. The van der Waals surface area contributed by atoms with Crippen molar-refractivity contribution in [3.05, 3.63) is 50.9 Å². The van der Waals surface area contributed by atoms with Crippen LogP contribution < -0.4 is 12.3 Å². The van der Waals surface area contributed by atoms with Gasteiger partial charge in [0, 0.05) is 0 Å². The van der Waals surface area contributed by atoms with Crippen LogP contribution in [0.25, 0.3) is 0 Å². The zero-order chi connectivity index (χ0) is 13.0. The van der Waals surface area contributed by atoms with Gasteiger partial charge in [-0.3, -0.25) is 0 Å². The average molecular weight is 463 g/mol. The van der Waals surface area contributed by atoms with Crippen molar-refractivity contribution in [3.63, 3.8) is 0 Å². The van der Waals surface area contributed by atoms with Crippen LogP contribution in [-0.2, 0) is 38.9 Å². The van der Waals surface area contributed by atoms with Gasteiger partial charge in [-0.25, -0.2) is 0 Å². The van der Waals surface area contributed by atoms with Crippen LogP contribution in [0.4, 0.5) is 0 Å². The van der Waals surface area contributed by atoms with Crippen LogP contribution in [-0.4, -0.2) is 17.3 Å². The molecule has 0 aromatic rings. The molecule has 0 aromatic carbocycles. The van der Waals surface area contributed by atoms with Gasteiger partial charge in [-0.15, -0.1) is 0 Å². The second-order valence-electron chi connectivity index (χ2n) is 0.890. The van der Waals surface area contributed by atoms with Gasteiger partial charge in [-0.2, -0.15) is 0 Å². The number of hydrogen-bond acceptors (Lipinski definition) is 12. The first kappa shape index (κ1) is 36.0. The first-order valence-electron chi connectivity index (χ1n) is 2.11. The van der Waals surface area contributed by atoms with E-state index in [1.165, 1.54) is 0 Å². The standard InChI is InChI=1S/2NO3.2NO2.2H3N.2Pd/c2*2-1(3)4;2*2-1-3;;;;/h;;;;2*1H3;;/q2*-1;;;;;;+2. The molecule has 18 heavy (non-hydrogen) atoms. The van der Waals surface area contributed by atoms with Gasteiger partial charge in [0.25, 0.3) is 0 Å². The second-order valence-corrected chi connectivity index (χ2v) is 2.34. The Labute approximate surface area is 119 Å². The molecular formula is H6N6O10Pd2. The molecule has 0 fully saturated rings. The summed E-state index contributed by atoms with van der Waals surface area (Å²) in [6.07, 6.45) is 0. The van der Waals surface area contributed by atoms with E-state index in [9.17, 15) is 20.2 Å². The minimum absolute atomic E-state index is 0. The molecule has 0 saturated carbocycles. The topological polar surface area (TPSA) is 289 Å². The fraction of sp³-hybridized carbons (Fsp3) is 0. The maximum absolute atomic E-state index is 9.20. The second kappa shape index (κ2) is 24.6. The Kier molecular flexibility index (Phi) is 49.1. The van der Waals surface area contributed by atoms with Crippen LogP contribution in [0.1, 0.15) is 0 Å². The molecule has 0 atom stereocenters. The molecule has 0 aromatic heterocycles. The molecule has 0 radical (unpaired) electrons. The van der Waals surface area contributed by atoms with Crippen molar-refractivity contribution in [2.45, 2.75) is 0 Å². The predicted octanol–water partition coefficient (Wildman–Crippen LogP) is -0.704. The minimum atomic E-state index is -1.75. The Hall–Kier alpha value is -1.56. The van der Waals surface area contributed by atoms with Gasteiger partial charge in [0.2, 0.25) is 0 Å². The zero-order valence-electron chi connectivity index (χ0n) is 7.92. The Morgan fingerprint density at radius 2 is 0.722 bits per heavy atom. The summed E-state index contributed by atoms with van der Waals surface area (Å²) >= 11 is -1.58. The SMILES string of the molecule is N.N.O=[N+]([O-])[O-].O=[N+]([O-])[O-].O=[N+]([O-])[Pd][N+](=O)[O-].[Pd+2]. The molecule has 0 bridgehead atoms. The third-order valence-corrected chi connectivity index (χ3v) is 0.611. The summed E-state index contributed by atoms with van der Waals surface area (Å²) in [5.41, 5.74) is 0. The van der Waals surface area contributed by atoms with Crippen molar-refractivity contribution in [3.8, 4) is 0 Å². The van der Waals surface area contributed by atoms with E-state index in [4.69, 9.17) is 30.6 Å². The van der Waals surface area contributed by atoms with Crippen molar-refractivity contribution in [2.75, 3.05) is 0 Å². The van der Waals surface area contributed by atoms with Gasteiger partial charge in [-0.1, -0.05) is 0 Å². The van der Waals surface area contributed by atoms with E-state index in [-0.39, 0.29) is 32.7 Å². The van der Waals surface area contributed by atoms with E-state index in [2.05, 4.69) is 0 Å². The van der Waals surface area contributed by atoms with E-state index in [1.807, 2.05) is 0 Å². The maximum atomic E-state index is 9.20. The molecule has 18 heteroatoms. The van der Waals surface area contributed by atoms with E-state index < -0.39 is 35.8 Å². The summed E-state index contributed by atoms with van der Waals surface area (Å²) in [4.78, 5) is 34.9. The third-order valence-electron chi connectivity index (χ3n) is 0.103. The van der Waals surface area contributed by atoms with Crippen molar-refractivity contribution in [1.82, 2.24) is 12.3 Å². The quantitative estimate of drug-likeness (QED) is 0.292. The molecule has 0 amide bonds. The number of nitro groups is 2. The molecule has 0 unspecified atom stereocenters. The largest absolute Gasteiger partial charge is 2.00 e. The summed E-state index contributed by atoms with van der Waals surface area (Å²) in [7, 11) is 0. The number of rotatable bonds is 2. The molecule has 0 saturated heterocycles. The van der Waals surface area contributed by atoms with Crippen LogP contribution in [0, 0.1) is 50.9 Å². The Bertz CT molecular complexity index is 209. The van der Waals surface area contributed by atoms with Crippen LogP contribution >= 0.6 is 0 Å². The monoisotopic (exact) mass is 462 g/mol. The fourth-order valence-corrected chi connectivity index (χ4v) is 0.249. The molecule has 0 heterocycles. The van der Waals surface area contributed by atoms with Gasteiger partial charge in [0.1, 0.15) is 0 Å². The summed E-state index contributed by atoms with van der Waals surface area (Å²) in [5.74, 6) is 0. The normalized spacial score (nSPS) is 6.00. The summed E-state index contributed by atoms with van der Waals surface area (Å²) < 4.78 is -1.90. The molecule has 16 nitrogen and oxygen atoms in total. The summed E-state index contributed by atoms with van der Waals surface area (Å²) in [6.45, 7) is 0. The van der Waals surface area contributed by atoms with E-state index in [1.54, 1.807) is 0 Å². The predicted molar refractivity (Wildman–Crippen MR) is 44.8 cm³/mol. The Morgan fingerprint density at radius 1 is 0.611 bits per heavy atom. The van der Waals surface area contributed by atoms with E-state index >= 15 is 0 Å². The minimum Gasteiger partial charge on any atom is 2.00 e. The van der Waals surface area contributed by atoms with Crippen LogP contribution in [0.2, 0.25) is 0 Å². The average Bonchev–Trinajstić information content (AvgIpc) is 1.78. The van der Waals surface area contributed by atoms with Gasteiger partial charge < -0.3 is 42.9 Å².